The Morgan fingerprint density at radius 2 is 1.81 bits per heavy atom. The van der Waals surface area contributed by atoms with Gasteiger partial charge in [-0.15, -0.1) is 0 Å². The first kappa shape index (κ1) is 15.8. The van der Waals surface area contributed by atoms with E-state index in [4.69, 9.17) is 38.4 Å². The Labute approximate surface area is 133 Å². The normalized spacial score (nSPS) is 12.0. The summed E-state index contributed by atoms with van der Waals surface area (Å²) < 4.78 is 10.8. The van der Waals surface area contributed by atoms with Crippen LogP contribution in [0.15, 0.2) is 42.5 Å². The lowest BCUT2D eigenvalue weighted by Crippen LogP contribution is -2.25. The van der Waals surface area contributed by atoms with Gasteiger partial charge in [-0.05, 0) is 30.3 Å². The number of ether oxygens (including phenoxy) is 2. The zero-order valence-corrected chi connectivity index (χ0v) is 12.6. The molecule has 1 atom stereocenters. The Bertz CT molecular complexity index is 607. The Kier molecular flexibility index (Phi) is 5.56. The highest BCUT2D eigenvalue weighted by atomic mass is 35.5. The third kappa shape index (κ3) is 5.01. The molecule has 6 heteroatoms. The molecular weight excluding hydrogens is 313 g/mol. The van der Waals surface area contributed by atoms with E-state index >= 15 is 0 Å². The fourth-order valence-corrected chi connectivity index (χ4v) is 2.09. The molecule has 4 nitrogen and oxygen atoms in total. The van der Waals surface area contributed by atoms with Gasteiger partial charge in [-0.2, -0.15) is 0 Å². The quantitative estimate of drug-likeness (QED) is 0.798. The van der Waals surface area contributed by atoms with Gasteiger partial charge in [0.05, 0.1) is 5.02 Å². The SMILES string of the molecule is Nc1cccc(OCC(O)COc2ccc(Cl)cc2Cl)c1. The minimum Gasteiger partial charge on any atom is -0.491 e. The maximum atomic E-state index is 9.84. The number of nitrogens with two attached hydrogens (primary N) is 1. The highest BCUT2D eigenvalue weighted by Gasteiger charge is 2.09. The van der Waals surface area contributed by atoms with E-state index in [9.17, 15) is 5.11 Å². The molecule has 0 saturated heterocycles. The van der Waals surface area contributed by atoms with Gasteiger partial charge >= 0.3 is 0 Å². The van der Waals surface area contributed by atoms with Crippen LogP contribution in [0.3, 0.4) is 0 Å². The van der Waals surface area contributed by atoms with E-state index in [1.54, 1.807) is 42.5 Å². The van der Waals surface area contributed by atoms with E-state index in [1.165, 1.54) is 0 Å². The number of halogens is 2. The molecule has 0 amide bonds. The van der Waals surface area contributed by atoms with Gasteiger partial charge in [-0.3, -0.25) is 0 Å². The van der Waals surface area contributed by atoms with Crippen LogP contribution < -0.4 is 15.2 Å². The summed E-state index contributed by atoms with van der Waals surface area (Å²) in [5.74, 6) is 1.06. The van der Waals surface area contributed by atoms with Gasteiger partial charge in [0.15, 0.2) is 0 Å². The molecule has 21 heavy (non-hydrogen) atoms. The first-order chi connectivity index (χ1) is 10.0. The molecule has 112 valence electrons. The van der Waals surface area contributed by atoms with Crippen LogP contribution in [0.25, 0.3) is 0 Å². The van der Waals surface area contributed by atoms with E-state index in [0.29, 0.717) is 27.2 Å². The second kappa shape index (κ2) is 7.41. The number of rotatable bonds is 6. The molecule has 0 aliphatic carbocycles. The van der Waals surface area contributed by atoms with Gasteiger partial charge in [-0.25, -0.2) is 0 Å². The first-order valence-corrected chi connectivity index (χ1v) is 7.04. The number of anilines is 1. The van der Waals surface area contributed by atoms with Crippen molar-refractivity contribution >= 4 is 28.9 Å². The third-order valence-corrected chi connectivity index (χ3v) is 3.16. The standard InChI is InChI=1S/C15H15Cl2NO3/c16-10-4-5-15(14(17)6-10)21-9-12(19)8-20-13-3-1-2-11(18)7-13/h1-7,12,19H,8-9,18H2. The van der Waals surface area contributed by atoms with Crippen molar-refractivity contribution in [2.45, 2.75) is 6.10 Å². The molecule has 0 saturated carbocycles. The number of benzene rings is 2. The van der Waals surface area contributed by atoms with Crippen LogP contribution in [0.5, 0.6) is 11.5 Å². The van der Waals surface area contributed by atoms with Crippen LogP contribution in [0.4, 0.5) is 5.69 Å². The third-order valence-electron chi connectivity index (χ3n) is 2.63. The smallest absolute Gasteiger partial charge is 0.138 e. The lowest BCUT2D eigenvalue weighted by molar-refractivity contribution is 0.0627. The molecule has 0 aliphatic rings. The molecular formula is C15H15Cl2NO3. The van der Waals surface area contributed by atoms with Crippen LogP contribution in [0.1, 0.15) is 0 Å². The van der Waals surface area contributed by atoms with E-state index in [-0.39, 0.29) is 13.2 Å². The van der Waals surface area contributed by atoms with E-state index in [1.807, 2.05) is 0 Å². The predicted molar refractivity (Wildman–Crippen MR) is 84.3 cm³/mol. The number of aliphatic hydroxyl groups excluding tert-OH is 1. The van der Waals surface area contributed by atoms with Crippen molar-refractivity contribution < 1.29 is 14.6 Å². The van der Waals surface area contributed by atoms with E-state index in [2.05, 4.69) is 0 Å². The van der Waals surface area contributed by atoms with Crippen LogP contribution in [-0.2, 0) is 0 Å². The maximum absolute atomic E-state index is 9.84. The molecule has 0 fully saturated rings. The number of hydrogen-bond donors (Lipinski definition) is 2. The Morgan fingerprint density at radius 1 is 1.05 bits per heavy atom. The summed E-state index contributed by atoms with van der Waals surface area (Å²) in [5.41, 5.74) is 6.24. The summed E-state index contributed by atoms with van der Waals surface area (Å²) in [7, 11) is 0. The van der Waals surface area contributed by atoms with Gasteiger partial charge in [0.25, 0.3) is 0 Å². The molecule has 0 radical (unpaired) electrons. The van der Waals surface area contributed by atoms with Crippen LogP contribution >= 0.6 is 23.2 Å². The fraction of sp³-hybridized carbons (Fsp3) is 0.200. The highest BCUT2D eigenvalue weighted by Crippen LogP contribution is 2.27. The van der Waals surface area contributed by atoms with Crippen molar-refractivity contribution in [3.05, 3.63) is 52.5 Å². The Morgan fingerprint density at radius 3 is 2.52 bits per heavy atom. The lowest BCUT2D eigenvalue weighted by atomic mass is 10.3. The number of nitrogen functional groups attached to an aromatic ring is 1. The Balaban J connectivity index is 1.80. The van der Waals surface area contributed by atoms with Gasteiger partial charge in [0.1, 0.15) is 30.8 Å². The molecule has 2 rings (SSSR count). The number of hydrogen-bond acceptors (Lipinski definition) is 4. The molecule has 2 aromatic carbocycles. The van der Waals surface area contributed by atoms with E-state index < -0.39 is 6.10 Å². The van der Waals surface area contributed by atoms with Gasteiger partial charge in [-0.1, -0.05) is 29.3 Å². The van der Waals surface area contributed by atoms with E-state index in [0.717, 1.165) is 0 Å². The molecule has 0 heterocycles. The minimum atomic E-state index is -0.793. The zero-order chi connectivity index (χ0) is 15.2. The lowest BCUT2D eigenvalue weighted by Gasteiger charge is -2.14. The maximum Gasteiger partial charge on any atom is 0.138 e. The molecule has 0 spiro atoms. The van der Waals surface area contributed by atoms with Crippen molar-refractivity contribution in [2.24, 2.45) is 0 Å². The summed E-state index contributed by atoms with van der Waals surface area (Å²) in [5, 5.41) is 10.8. The second-order valence-corrected chi connectivity index (χ2v) is 5.27. The van der Waals surface area contributed by atoms with Crippen LogP contribution in [0.2, 0.25) is 10.0 Å². The van der Waals surface area contributed by atoms with Crippen molar-refractivity contribution in [1.29, 1.82) is 0 Å². The minimum absolute atomic E-state index is 0.0592. The van der Waals surface area contributed by atoms with Crippen molar-refractivity contribution in [1.82, 2.24) is 0 Å². The largest absolute Gasteiger partial charge is 0.491 e. The topological polar surface area (TPSA) is 64.7 Å². The monoisotopic (exact) mass is 327 g/mol. The second-order valence-electron chi connectivity index (χ2n) is 4.42. The summed E-state index contributed by atoms with van der Waals surface area (Å²) >= 11 is 11.8. The summed E-state index contributed by atoms with van der Waals surface area (Å²) in [4.78, 5) is 0. The van der Waals surface area contributed by atoms with Crippen molar-refractivity contribution in [2.75, 3.05) is 18.9 Å². The Hall–Kier alpha value is -1.62. The summed E-state index contributed by atoms with van der Waals surface area (Å²) in [6, 6.07) is 11.9. The zero-order valence-electron chi connectivity index (χ0n) is 11.1. The van der Waals surface area contributed by atoms with Crippen LogP contribution in [-0.4, -0.2) is 24.4 Å². The number of aliphatic hydroxyl groups is 1. The average molecular weight is 328 g/mol. The van der Waals surface area contributed by atoms with Crippen molar-refractivity contribution in [3.63, 3.8) is 0 Å². The molecule has 0 aromatic heterocycles. The van der Waals surface area contributed by atoms with Crippen molar-refractivity contribution in [3.8, 4) is 11.5 Å². The molecule has 0 aliphatic heterocycles. The molecule has 2 aromatic rings. The van der Waals surface area contributed by atoms with Gasteiger partial charge in [0.2, 0.25) is 0 Å². The van der Waals surface area contributed by atoms with Gasteiger partial charge in [0, 0.05) is 16.8 Å². The first-order valence-electron chi connectivity index (χ1n) is 6.29. The molecule has 3 N–H and O–H groups in total. The van der Waals surface area contributed by atoms with Gasteiger partial charge < -0.3 is 20.3 Å². The van der Waals surface area contributed by atoms with Crippen LogP contribution in [0, 0.1) is 0 Å². The molecule has 0 bridgehead atoms. The predicted octanol–water partition coefficient (Wildman–Crippen LogP) is 3.39. The molecule has 1 unspecified atom stereocenters. The fourth-order valence-electron chi connectivity index (χ4n) is 1.62. The summed E-state index contributed by atoms with van der Waals surface area (Å²) in [6.45, 7) is 0.151. The summed E-state index contributed by atoms with van der Waals surface area (Å²) in [6.07, 6.45) is -0.793. The average Bonchev–Trinajstić information content (AvgIpc) is 2.44. The highest BCUT2D eigenvalue weighted by molar-refractivity contribution is 6.35.